The van der Waals surface area contributed by atoms with E-state index in [-0.39, 0.29) is 12.5 Å². The number of nitrogens with one attached hydrogen (secondary N) is 1. The summed E-state index contributed by atoms with van der Waals surface area (Å²) in [4.78, 5) is 12.2. The average Bonchev–Trinajstić information content (AvgIpc) is 2.28. The second-order valence-electron chi connectivity index (χ2n) is 4.95. The molecule has 1 fully saturated rings. The molecule has 1 aromatic rings. The number of aryl methyl sites for hydroxylation is 1. The average molecular weight is 249 g/mol. The van der Waals surface area contributed by atoms with E-state index < -0.39 is 5.41 Å². The zero-order chi connectivity index (χ0) is 13.2. The molecule has 18 heavy (non-hydrogen) atoms. The first kappa shape index (κ1) is 12.9. The second-order valence-corrected chi connectivity index (χ2v) is 4.95. The van der Waals surface area contributed by atoms with Gasteiger partial charge in [0.15, 0.2) is 0 Å². The molecule has 4 nitrogen and oxygen atoms in total. The van der Waals surface area contributed by atoms with E-state index in [0.29, 0.717) is 11.4 Å². The summed E-state index contributed by atoms with van der Waals surface area (Å²) in [5, 5.41) is 12.2. The van der Waals surface area contributed by atoms with Crippen molar-refractivity contribution >= 4 is 11.6 Å². The summed E-state index contributed by atoms with van der Waals surface area (Å²) in [6, 6.07) is 5.64. The van der Waals surface area contributed by atoms with Gasteiger partial charge in [-0.15, -0.1) is 0 Å². The van der Waals surface area contributed by atoms with Gasteiger partial charge in [0.25, 0.3) is 0 Å². The van der Waals surface area contributed by atoms with Gasteiger partial charge in [-0.2, -0.15) is 0 Å². The number of ether oxygens (including phenoxy) is 1. The summed E-state index contributed by atoms with van der Waals surface area (Å²) in [5.41, 5.74) is 1.13. The Morgan fingerprint density at radius 3 is 2.72 bits per heavy atom. The van der Waals surface area contributed by atoms with Crippen molar-refractivity contribution in [2.24, 2.45) is 5.41 Å². The molecule has 0 aromatic heterocycles. The standard InChI is InChI=1S/C14H19NO3/c1-10-4-5-12(18-2)11(8-10)15-13(17)14(9-16)6-3-7-14/h4-5,8,16H,3,6-7,9H2,1-2H3,(H,15,17). The molecule has 98 valence electrons. The first-order valence-corrected chi connectivity index (χ1v) is 6.18. The van der Waals surface area contributed by atoms with Crippen molar-refractivity contribution < 1.29 is 14.6 Å². The summed E-state index contributed by atoms with van der Waals surface area (Å²) in [7, 11) is 1.57. The lowest BCUT2D eigenvalue weighted by molar-refractivity contribution is -0.133. The monoisotopic (exact) mass is 249 g/mol. The second kappa shape index (κ2) is 4.98. The van der Waals surface area contributed by atoms with E-state index in [1.165, 1.54) is 0 Å². The number of hydrogen-bond donors (Lipinski definition) is 2. The van der Waals surface area contributed by atoms with E-state index in [9.17, 15) is 9.90 Å². The van der Waals surface area contributed by atoms with Crippen molar-refractivity contribution in [2.75, 3.05) is 19.0 Å². The van der Waals surface area contributed by atoms with Crippen molar-refractivity contribution in [2.45, 2.75) is 26.2 Å². The third kappa shape index (κ3) is 2.20. The molecule has 2 N–H and O–H groups in total. The predicted octanol–water partition coefficient (Wildman–Crippen LogP) is 2.10. The van der Waals surface area contributed by atoms with Gasteiger partial charge < -0.3 is 15.2 Å². The number of hydrogen-bond acceptors (Lipinski definition) is 3. The van der Waals surface area contributed by atoms with Gasteiger partial charge in [0.05, 0.1) is 24.8 Å². The maximum absolute atomic E-state index is 12.2. The Balaban J connectivity index is 2.18. The molecule has 4 heteroatoms. The third-order valence-electron chi connectivity index (χ3n) is 3.70. The number of aliphatic hydroxyl groups excluding tert-OH is 1. The quantitative estimate of drug-likeness (QED) is 0.859. The van der Waals surface area contributed by atoms with Crippen LogP contribution >= 0.6 is 0 Å². The number of anilines is 1. The molecule has 0 bridgehead atoms. The summed E-state index contributed by atoms with van der Waals surface area (Å²) in [5.74, 6) is 0.529. The molecule has 0 unspecified atom stereocenters. The van der Waals surface area contributed by atoms with Crippen molar-refractivity contribution in [3.8, 4) is 5.75 Å². The number of benzene rings is 1. The van der Waals surface area contributed by atoms with E-state index in [0.717, 1.165) is 24.8 Å². The number of carbonyl (C=O) groups excluding carboxylic acids is 1. The molecule has 1 saturated carbocycles. The molecule has 0 atom stereocenters. The van der Waals surface area contributed by atoms with Crippen molar-refractivity contribution in [3.63, 3.8) is 0 Å². The van der Waals surface area contributed by atoms with Crippen molar-refractivity contribution in [3.05, 3.63) is 23.8 Å². The first-order valence-electron chi connectivity index (χ1n) is 6.18. The summed E-state index contributed by atoms with van der Waals surface area (Å²) >= 11 is 0. The largest absolute Gasteiger partial charge is 0.495 e. The van der Waals surface area contributed by atoms with Crippen LogP contribution in [-0.4, -0.2) is 24.7 Å². The minimum atomic E-state index is -0.589. The van der Waals surface area contributed by atoms with Gasteiger partial charge >= 0.3 is 0 Å². The fourth-order valence-electron chi connectivity index (χ4n) is 2.23. The van der Waals surface area contributed by atoms with Crippen LogP contribution in [0.5, 0.6) is 5.75 Å². The van der Waals surface area contributed by atoms with Crippen LogP contribution in [0.2, 0.25) is 0 Å². The molecule has 1 amide bonds. The van der Waals surface area contributed by atoms with Crippen molar-refractivity contribution in [1.29, 1.82) is 0 Å². The van der Waals surface area contributed by atoms with E-state index in [1.54, 1.807) is 7.11 Å². The number of methoxy groups -OCH3 is 1. The van der Waals surface area contributed by atoms with E-state index in [4.69, 9.17) is 4.74 Å². The van der Waals surface area contributed by atoms with Crippen molar-refractivity contribution in [1.82, 2.24) is 0 Å². The SMILES string of the molecule is COc1ccc(C)cc1NC(=O)C1(CO)CCC1. The Labute approximate surface area is 107 Å². The molecule has 0 spiro atoms. The fourth-order valence-corrected chi connectivity index (χ4v) is 2.23. The number of carbonyl (C=O) groups is 1. The molecule has 0 aliphatic heterocycles. The molecule has 2 rings (SSSR count). The Bertz CT molecular complexity index is 447. The molecule has 0 radical (unpaired) electrons. The lowest BCUT2D eigenvalue weighted by Crippen LogP contribution is -2.44. The van der Waals surface area contributed by atoms with Gasteiger partial charge in [-0.3, -0.25) is 4.79 Å². The number of rotatable bonds is 4. The highest BCUT2D eigenvalue weighted by atomic mass is 16.5. The highest BCUT2D eigenvalue weighted by Gasteiger charge is 2.43. The van der Waals surface area contributed by atoms with Crippen LogP contribution in [0.1, 0.15) is 24.8 Å². The molecular formula is C14H19NO3. The van der Waals surface area contributed by atoms with Gasteiger partial charge in [0.2, 0.25) is 5.91 Å². The molecule has 0 saturated heterocycles. The van der Waals surface area contributed by atoms with Crippen LogP contribution in [0.4, 0.5) is 5.69 Å². The smallest absolute Gasteiger partial charge is 0.233 e. The maximum atomic E-state index is 12.2. The summed E-state index contributed by atoms with van der Waals surface area (Å²) in [6.07, 6.45) is 2.51. The number of amides is 1. The zero-order valence-corrected chi connectivity index (χ0v) is 10.8. The topological polar surface area (TPSA) is 58.6 Å². The van der Waals surface area contributed by atoms with E-state index in [1.807, 2.05) is 25.1 Å². The van der Waals surface area contributed by atoms with Gasteiger partial charge in [-0.25, -0.2) is 0 Å². The molecular weight excluding hydrogens is 230 g/mol. The summed E-state index contributed by atoms with van der Waals surface area (Å²) in [6.45, 7) is 1.87. The normalized spacial score (nSPS) is 16.8. The van der Waals surface area contributed by atoms with Crippen LogP contribution in [0.3, 0.4) is 0 Å². The molecule has 1 aliphatic carbocycles. The van der Waals surface area contributed by atoms with Gasteiger partial charge in [0, 0.05) is 0 Å². The Morgan fingerprint density at radius 1 is 1.50 bits per heavy atom. The molecule has 1 aromatic carbocycles. The van der Waals surface area contributed by atoms with Gasteiger partial charge in [0.1, 0.15) is 5.75 Å². The first-order chi connectivity index (χ1) is 8.61. The lowest BCUT2D eigenvalue weighted by atomic mass is 9.68. The Morgan fingerprint density at radius 2 is 2.22 bits per heavy atom. The minimum absolute atomic E-state index is 0.0903. The third-order valence-corrected chi connectivity index (χ3v) is 3.70. The van der Waals surface area contributed by atoms with Crippen LogP contribution < -0.4 is 10.1 Å². The number of aliphatic hydroxyl groups is 1. The van der Waals surface area contributed by atoms with Crippen LogP contribution in [0, 0.1) is 12.3 Å². The van der Waals surface area contributed by atoms with Gasteiger partial charge in [-0.05, 0) is 37.5 Å². The predicted molar refractivity (Wildman–Crippen MR) is 69.7 cm³/mol. The van der Waals surface area contributed by atoms with Crippen LogP contribution in [0.15, 0.2) is 18.2 Å². The highest BCUT2D eigenvalue weighted by molar-refractivity contribution is 5.97. The summed E-state index contributed by atoms with van der Waals surface area (Å²) < 4.78 is 5.22. The highest BCUT2D eigenvalue weighted by Crippen LogP contribution is 2.42. The lowest BCUT2D eigenvalue weighted by Gasteiger charge is -2.38. The van der Waals surface area contributed by atoms with Crippen LogP contribution in [-0.2, 0) is 4.79 Å². The van der Waals surface area contributed by atoms with Gasteiger partial charge in [-0.1, -0.05) is 12.5 Å². The maximum Gasteiger partial charge on any atom is 0.233 e. The Kier molecular flexibility index (Phi) is 3.57. The fraction of sp³-hybridized carbons (Fsp3) is 0.500. The van der Waals surface area contributed by atoms with E-state index >= 15 is 0 Å². The van der Waals surface area contributed by atoms with Crippen LogP contribution in [0.25, 0.3) is 0 Å². The minimum Gasteiger partial charge on any atom is -0.495 e. The molecule has 1 aliphatic rings. The molecule has 0 heterocycles. The zero-order valence-electron chi connectivity index (χ0n) is 10.8. The van der Waals surface area contributed by atoms with E-state index in [2.05, 4.69) is 5.32 Å². The Hall–Kier alpha value is -1.55.